The Bertz CT molecular complexity index is 1370. The van der Waals surface area contributed by atoms with Crippen molar-refractivity contribution in [2.45, 2.75) is 51.9 Å². The van der Waals surface area contributed by atoms with Crippen molar-refractivity contribution in [3.8, 4) is 29.1 Å². The summed E-state index contributed by atoms with van der Waals surface area (Å²) < 4.78 is 23.3. The van der Waals surface area contributed by atoms with Gasteiger partial charge in [-0.05, 0) is 43.2 Å². The Kier molecular flexibility index (Phi) is 9.47. The highest BCUT2D eigenvalue weighted by Gasteiger charge is 2.33. The van der Waals surface area contributed by atoms with Crippen LogP contribution in [0.1, 0.15) is 73.4 Å². The molecule has 0 saturated heterocycles. The van der Waals surface area contributed by atoms with Crippen molar-refractivity contribution in [2.24, 2.45) is 5.73 Å². The molecule has 4 rings (SSSR count). The summed E-state index contributed by atoms with van der Waals surface area (Å²) in [6.45, 7) is 5.41. The fraction of sp³-hybridized carbons (Fsp3) is 0.312. The standard InChI is InChI=1S/C32H34N2O5/c1-3-5-9-18-37-28-14-8-7-13-25(28)30-26-16-15-24(20-29(26)39-31(34)27(30)21-33)38-32(35)22-11-10-12-23(19-22)36-17-6-4-2/h7-8,10-16,19-20,30H,3-6,9,17-18,34H2,1-2H3. The quantitative estimate of drug-likeness (QED) is 0.156. The number of benzene rings is 3. The summed E-state index contributed by atoms with van der Waals surface area (Å²) in [7, 11) is 0. The number of nitrogens with zero attached hydrogens (tertiary/aromatic N) is 1. The maximum Gasteiger partial charge on any atom is 0.343 e. The van der Waals surface area contributed by atoms with Crippen molar-refractivity contribution in [1.82, 2.24) is 0 Å². The predicted molar refractivity (Wildman–Crippen MR) is 149 cm³/mol. The summed E-state index contributed by atoms with van der Waals surface area (Å²) in [4.78, 5) is 12.9. The molecule has 1 atom stereocenters. The van der Waals surface area contributed by atoms with E-state index in [2.05, 4.69) is 19.9 Å². The van der Waals surface area contributed by atoms with Gasteiger partial charge in [0.2, 0.25) is 5.88 Å². The van der Waals surface area contributed by atoms with Crippen molar-refractivity contribution >= 4 is 5.97 Å². The highest BCUT2D eigenvalue weighted by atomic mass is 16.5. The first kappa shape index (κ1) is 27.6. The van der Waals surface area contributed by atoms with Crippen LogP contribution in [0.25, 0.3) is 0 Å². The minimum absolute atomic E-state index is 0.0104. The van der Waals surface area contributed by atoms with Crippen LogP contribution in [-0.2, 0) is 0 Å². The molecule has 0 spiro atoms. The Labute approximate surface area is 229 Å². The third-order valence-corrected chi connectivity index (χ3v) is 6.47. The normalized spacial score (nSPS) is 14.1. The summed E-state index contributed by atoms with van der Waals surface area (Å²) >= 11 is 0. The number of nitriles is 1. The molecule has 0 bridgehead atoms. The van der Waals surface area contributed by atoms with Crippen LogP contribution in [0, 0.1) is 11.3 Å². The van der Waals surface area contributed by atoms with Gasteiger partial charge in [-0.25, -0.2) is 4.79 Å². The number of esters is 1. The number of unbranched alkanes of at least 4 members (excludes halogenated alkanes) is 3. The summed E-state index contributed by atoms with van der Waals surface area (Å²) in [6, 6.07) is 21.9. The van der Waals surface area contributed by atoms with Crippen LogP contribution in [0.3, 0.4) is 0 Å². The monoisotopic (exact) mass is 526 g/mol. The fourth-order valence-corrected chi connectivity index (χ4v) is 4.42. The number of rotatable bonds is 12. The van der Waals surface area contributed by atoms with Crippen LogP contribution in [0.2, 0.25) is 0 Å². The molecular formula is C32H34N2O5. The lowest BCUT2D eigenvalue weighted by Gasteiger charge is -2.28. The Balaban J connectivity index is 1.59. The van der Waals surface area contributed by atoms with Crippen molar-refractivity contribution in [1.29, 1.82) is 5.26 Å². The molecule has 1 heterocycles. The number of carbonyl (C=O) groups excluding carboxylic acids is 1. The lowest BCUT2D eigenvalue weighted by atomic mass is 9.83. The van der Waals surface area contributed by atoms with Gasteiger partial charge in [0, 0.05) is 17.2 Å². The maximum atomic E-state index is 12.9. The van der Waals surface area contributed by atoms with Gasteiger partial charge in [0.15, 0.2) is 0 Å². The fourth-order valence-electron chi connectivity index (χ4n) is 4.42. The smallest absolute Gasteiger partial charge is 0.343 e. The van der Waals surface area contributed by atoms with Crippen LogP contribution in [0.15, 0.2) is 78.2 Å². The highest BCUT2D eigenvalue weighted by Crippen LogP contribution is 2.46. The van der Waals surface area contributed by atoms with E-state index in [9.17, 15) is 10.1 Å². The Morgan fingerprint density at radius 1 is 0.897 bits per heavy atom. The predicted octanol–water partition coefficient (Wildman–Crippen LogP) is 6.87. The van der Waals surface area contributed by atoms with Crippen LogP contribution in [0.5, 0.6) is 23.0 Å². The number of hydrogen-bond acceptors (Lipinski definition) is 7. The molecule has 7 nitrogen and oxygen atoms in total. The average Bonchev–Trinajstić information content (AvgIpc) is 2.95. The Hall–Kier alpha value is -4.44. The number of fused-ring (bicyclic) bond motifs is 1. The van der Waals surface area contributed by atoms with E-state index in [0.29, 0.717) is 47.3 Å². The third-order valence-electron chi connectivity index (χ3n) is 6.47. The van der Waals surface area contributed by atoms with Gasteiger partial charge >= 0.3 is 5.97 Å². The maximum absolute atomic E-state index is 12.9. The van der Waals surface area contributed by atoms with Gasteiger partial charge in [-0.3, -0.25) is 0 Å². The van der Waals surface area contributed by atoms with Gasteiger partial charge in [-0.1, -0.05) is 63.4 Å². The van der Waals surface area contributed by atoms with E-state index in [-0.39, 0.29) is 5.88 Å². The lowest BCUT2D eigenvalue weighted by molar-refractivity contribution is 0.0734. The second-order valence-electron chi connectivity index (χ2n) is 9.34. The molecule has 0 aromatic heterocycles. The van der Waals surface area contributed by atoms with Crippen molar-refractivity contribution < 1.29 is 23.7 Å². The third kappa shape index (κ3) is 6.71. The topological polar surface area (TPSA) is 104 Å². The van der Waals surface area contributed by atoms with E-state index >= 15 is 0 Å². The van der Waals surface area contributed by atoms with Crippen molar-refractivity contribution in [3.63, 3.8) is 0 Å². The number of ether oxygens (including phenoxy) is 4. The van der Waals surface area contributed by atoms with Crippen LogP contribution in [0.4, 0.5) is 0 Å². The number of hydrogen-bond donors (Lipinski definition) is 1. The molecule has 0 amide bonds. The van der Waals surface area contributed by atoms with Gasteiger partial charge in [0.05, 0.1) is 24.7 Å². The first-order valence-corrected chi connectivity index (χ1v) is 13.4. The zero-order valence-corrected chi connectivity index (χ0v) is 22.4. The summed E-state index contributed by atoms with van der Waals surface area (Å²) in [6.07, 6.45) is 5.08. The molecule has 39 heavy (non-hydrogen) atoms. The molecule has 1 aliphatic rings. The zero-order chi connectivity index (χ0) is 27.6. The van der Waals surface area contributed by atoms with Crippen molar-refractivity contribution in [3.05, 3.63) is 94.9 Å². The number of carbonyl (C=O) groups is 1. The second-order valence-corrected chi connectivity index (χ2v) is 9.34. The van der Waals surface area contributed by atoms with Gasteiger partial charge in [-0.2, -0.15) is 5.26 Å². The molecule has 0 saturated carbocycles. The molecule has 2 N–H and O–H groups in total. The molecule has 7 heteroatoms. The lowest BCUT2D eigenvalue weighted by Crippen LogP contribution is -2.21. The van der Waals surface area contributed by atoms with Gasteiger partial charge in [0.25, 0.3) is 0 Å². The summed E-state index contributed by atoms with van der Waals surface area (Å²) in [5.74, 6) is 1.04. The minimum Gasteiger partial charge on any atom is -0.494 e. The van der Waals surface area contributed by atoms with E-state index in [1.807, 2.05) is 30.3 Å². The highest BCUT2D eigenvalue weighted by molar-refractivity contribution is 5.91. The molecule has 0 fully saturated rings. The molecule has 202 valence electrons. The first-order valence-electron chi connectivity index (χ1n) is 13.4. The molecule has 1 aliphatic heterocycles. The summed E-state index contributed by atoms with van der Waals surface area (Å²) in [5, 5.41) is 9.96. The Morgan fingerprint density at radius 2 is 1.69 bits per heavy atom. The minimum atomic E-state index is -0.518. The van der Waals surface area contributed by atoms with Crippen LogP contribution >= 0.6 is 0 Å². The molecule has 0 aliphatic carbocycles. The van der Waals surface area contributed by atoms with Crippen LogP contribution in [-0.4, -0.2) is 19.2 Å². The van der Waals surface area contributed by atoms with E-state index in [1.165, 1.54) is 0 Å². The molecule has 3 aromatic carbocycles. The van der Waals surface area contributed by atoms with Gasteiger partial charge in [0.1, 0.15) is 34.6 Å². The largest absolute Gasteiger partial charge is 0.494 e. The van der Waals surface area contributed by atoms with E-state index in [1.54, 1.807) is 36.4 Å². The van der Waals surface area contributed by atoms with E-state index < -0.39 is 11.9 Å². The van der Waals surface area contributed by atoms with Crippen molar-refractivity contribution in [2.75, 3.05) is 13.2 Å². The molecule has 1 unspecified atom stereocenters. The first-order chi connectivity index (χ1) is 19.0. The molecule has 0 radical (unpaired) electrons. The number of allylic oxidation sites excluding steroid dienone is 1. The molecular weight excluding hydrogens is 492 g/mol. The zero-order valence-electron chi connectivity index (χ0n) is 22.4. The van der Waals surface area contributed by atoms with Gasteiger partial charge in [-0.15, -0.1) is 0 Å². The van der Waals surface area contributed by atoms with Crippen LogP contribution < -0.4 is 24.7 Å². The SMILES string of the molecule is CCCCCOc1ccccc1C1C(C#N)=C(N)Oc2cc(OC(=O)c3cccc(OCCCC)c3)ccc21. The van der Waals surface area contributed by atoms with Gasteiger partial charge < -0.3 is 24.7 Å². The van der Waals surface area contributed by atoms with E-state index in [0.717, 1.165) is 43.2 Å². The molecule has 3 aromatic rings. The average molecular weight is 527 g/mol. The number of nitrogens with two attached hydrogens (primary N) is 1. The summed E-state index contributed by atoms with van der Waals surface area (Å²) in [5.41, 5.74) is 8.44. The second kappa shape index (κ2) is 13.4. The number of para-hydroxylation sites is 1. The van der Waals surface area contributed by atoms with E-state index in [4.69, 9.17) is 24.7 Å². The Morgan fingerprint density at radius 3 is 2.49 bits per heavy atom.